The van der Waals surface area contributed by atoms with Crippen LogP contribution in [0.4, 0.5) is 0 Å². The number of ether oxygens (including phenoxy) is 2. The number of esters is 1. The molecule has 0 aliphatic heterocycles. The summed E-state index contributed by atoms with van der Waals surface area (Å²) in [6.07, 6.45) is 1.81. The number of aromatic nitrogens is 1. The second kappa shape index (κ2) is 5.40. The zero-order valence-corrected chi connectivity index (χ0v) is 10.4. The van der Waals surface area contributed by atoms with Gasteiger partial charge in [-0.25, -0.2) is 4.79 Å². The summed E-state index contributed by atoms with van der Waals surface area (Å²) in [5.41, 5.74) is 1.38. The van der Waals surface area contributed by atoms with E-state index in [0.717, 1.165) is 11.3 Å². The van der Waals surface area contributed by atoms with Gasteiger partial charge >= 0.3 is 5.97 Å². The van der Waals surface area contributed by atoms with Gasteiger partial charge in [-0.1, -0.05) is 18.2 Å². The van der Waals surface area contributed by atoms with Gasteiger partial charge in [0, 0.05) is 18.8 Å². The summed E-state index contributed by atoms with van der Waals surface area (Å²) >= 11 is 0. The third kappa shape index (κ3) is 2.53. The van der Waals surface area contributed by atoms with E-state index in [0.29, 0.717) is 5.69 Å². The average Bonchev–Trinajstić information content (AvgIpc) is 2.82. The smallest absolute Gasteiger partial charge is 0.355 e. The van der Waals surface area contributed by atoms with E-state index in [2.05, 4.69) is 0 Å². The lowest BCUT2D eigenvalue weighted by Gasteiger charge is -2.09. The molecule has 0 saturated heterocycles. The highest BCUT2D eigenvalue weighted by atomic mass is 16.5. The Labute approximate surface area is 106 Å². The summed E-state index contributed by atoms with van der Waals surface area (Å²) in [4.78, 5) is 11.8. The van der Waals surface area contributed by atoms with E-state index in [1.807, 2.05) is 24.3 Å². The molecule has 0 amide bonds. The van der Waals surface area contributed by atoms with Crippen molar-refractivity contribution in [1.82, 2.24) is 4.57 Å². The maximum atomic E-state index is 11.8. The van der Waals surface area contributed by atoms with E-state index in [4.69, 9.17) is 9.47 Å². The van der Waals surface area contributed by atoms with E-state index in [1.165, 1.54) is 0 Å². The van der Waals surface area contributed by atoms with Gasteiger partial charge in [0.1, 0.15) is 18.1 Å². The van der Waals surface area contributed by atoms with Gasteiger partial charge in [-0.05, 0) is 18.2 Å². The van der Waals surface area contributed by atoms with E-state index in [1.54, 1.807) is 37.1 Å². The Bertz CT molecular complexity index is 545. The summed E-state index contributed by atoms with van der Waals surface area (Å²) in [6, 6.07) is 11.0. The number of methoxy groups -OCH3 is 1. The summed E-state index contributed by atoms with van der Waals surface area (Å²) in [5, 5.41) is 0. The van der Waals surface area contributed by atoms with Crippen molar-refractivity contribution in [2.45, 2.75) is 6.61 Å². The highest BCUT2D eigenvalue weighted by Gasteiger charge is 2.11. The molecule has 0 aliphatic rings. The lowest BCUT2D eigenvalue weighted by molar-refractivity contribution is 0.0459. The van der Waals surface area contributed by atoms with Crippen molar-refractivity contribution in [3.63, 3.8) is 0 Å². The first-order valence-electron chi connectivity index (χ1n) is 5.62. The molecule has 18 heavy (non-hydrogen) atoms. The highest BCUT2D eigenvalue weighted by Crippen LogP contribution is 2.18. The molecule has 2 rings (SSSR count). The number of aryl methyl sites for hydroxylation is 1. The lowest BCUT2D eigenvalue weighted by Crippen LogP contribution is -2.09. The maximum Gasteiger partial charge on any atom is 0.355 e. The first kappa shape index (κ1) is 12.2. The summed E-state index contributed by atoms with van der Waals surface area (Å²) in [5.74, 6) is 0.380. The third-order valence-electron chi connectivity index (χ3n) is 2.70. The first-order valence-corrected chi connectivity index (χ1v) is 5.62. The second-order valence-corrected chi connectivity index (χ2v) is 3.89. The quantitative estimate of drug-likeness (QED) is 0.776. The van der Waals surface area contributed by atoms with Crippen LogP contribution in [0.15, 0.2) is 42.6 Å². The Morgan fingerprint density at radius 3 is 2.67 bits per heavy atom. The molecule has 2 aromatic rings. The molecule has 1 aromatic heterocycles. The van der Waals surface area contributed by atoms with E-state index >= 15 is 0 Å². The molecule has 0 unspecified atom stereocenters. The molecular formula is C14H15NO3. The third-order valence-corrected chi connectivity index (χ3v) is 2.70. The molecule has 4 heteroatoms. The fourth-order valence-corrected chi connectivity index (χ4v) is 1.71. The van der Waals surface area contributed by atoms with Crippen molar-refractivity contribution in [2.24, 2.45) is 7.05 Å². The monoisotopic (exact) mass is 245 g/mol. The van der Waals surface area contributed by atoms with Crippen LogP contribution >= 0.6 is 0 Å². The number of carbonyl (C=O) groups excluding carboxylic acids is 1. The number of rotatable bonds is 4. The van der Waals surface area contributed by atoms with Crippen molar-refractivity contribution in [3.8, 4) is 5.75 Å². The van der Waals surface area contributed by atoms with Crippen LogP contribution in [0.2, 0.25) is 0 Å². The Morgan fingerprint density at radius 1 is 1.22 bits per heavy atom. The Morgan fingerprint density at radius 2 is 2.00 bits per heavy atom. The number of para-hydroxylation sites is 1. The van der Waals surface area contributed by atoms with Crippen LogP contribution < -0.4 is 4.74 Å². The van der Waals surface area contributed by atoms with Gasteiger partial charge in [-0.2, -0.15) is 0 Å². The predicted molar refractivity (Wildman–Crippen MR) is 67.5 cm³/mol. The minimum absolute atomic E-state index is 0.202. The van der Waals surface area contributed by atoms with Crippen LogP contribution in [0.25, 0.3) is 0 Å². The molecule has 0 fully saturated rings. The molecule has 0 spiro atoms. The molecule has 0 atom stereocenters. The number of carbonyl (C=O) groups is 1. The predicted octanol–water partition coefficient (Wildman–Crippen LogP) is 2.39. The zero-order chi connectivity index (χ0) is 13.0. The SMILES string of the molecule is COc1ccccc1COC(=O)c1cccn1C. The largest absolute Gasteiger partial charge is 0.496 e. The minimum atomic E-state index is -0.339. The van der Waals surface area contributed by atoms with Crippen LogP contribution in [0.3, 0.4) is 0 Å². The van der Waals surface area contributed by atoms with Crippen molar-refractivity contribution >= 4 is 5.97 Å². The van der Waals surface area contributed by atoms with E-state index in [9.17, 15) is 4.79 Å². The Balaban J connectivity index is 2.04. The number of hydrogen-bond donors (Lipinski definition) is 0. The number of benzene rings is 1. The topological polar surface area (TPSA) is 40.5 Å². The average molecular weight is 245 g/mol. The molecular weight excluding hydrogens is 230 g/mol. The summed E-state index contributed by atoms with van der Waals surface area (Å²) in [6.45, 7) is 0.202. The van der Waals surface area contributed by atoms with Crippen molar-refractivity contribution in [3.05, 3.63) is 53.9 Å². The van der Waals surface area contributed by atoms with Gasteiger partial charge in [0.05, 0.1) is 7.11 Å². The van der Waals surface area contributed by atoms with E-state index < -0.39 is 0 Å². The van der Waals surface area contributed by atoms with Crippen molar-refractivity contribution < 1.29 is 14.3 Å². The van der Waals surface area contributed by atoms with Gasteiger partial charge in [-0.3, -0.25) is 0 Å². The molecule has 0 radical (unpaired) electrons. The van der Waals surface area contributed by atoms with Gasteiger partial charge in [0.25, 0.3) is 0 Å². The van der Waals surface area contributed by atoms with Crippen LogP contribution in [0, 0.1) is 0 Å². The Hall–Kier alpha value is -2.23. The van der Waals surface area contributed by atoms with Crippen molar-refractivity contribution in [1.29, 1.82) is 0 Å². The maximum absolute atomic E-state index is 11.8. The van der Waals surface area contributed by atoms with Gasteiger partial charge < -0.3 is 14.0 Å². The van der Waals surface area contributed by atoms with Crippen LogP contribution in [-0.4, -0.2) is 17.6 Å². The normalized spacial score (nSPS) is 10.1. The Kier molecular flexibility index (Phi) is 3.67. The highest BCUT2D eigenvalue weighted by molar-refractivity contribution is 5.87. The fourth-order valence-electron chi connectivity index (χ4n) is 1.71. The molecule has 1 aromatic carbocycles. The van der Waals surface area contributed by atoms with Crippen LogP contribution in [-0.2, 0) is 18.4 Å². The molecule has 0 aliphatic carbocycles. The molecule has 4 nitrogen and oxygen atoms in total. The van der Waals surface area contributed by atoms with Gasteiger partial charge in [-0.15, -0.1) is 0 Å². The molecule has 1 heterocycles. The summed E-state index contributed by atoms with van der Waals surface area (Å²) < 4.78 is 12.2. The van der Waals surface area contributed by atoms with Crippen LogP contribution in [0.5, 0.6) is 5.75 Å². The first-order chi connectivity index (χ1) is 8.72. The van der Waals surface area contributed by atoms with E-state index in [-0.39, 0.29) is 12.6 Å². The summed E-state index contributed by atoms with van der Waals surface area (Å²) in [7, 11) is 3.40. The molecule has 0 N–H and O–H groups in total. The minimum Gasteiger partial charge on any atom is -0.496 e. The second-order valence-electron chi connectivity index (χ2n) is 3.89. The molecule has 0 bridgehead atoms. The number of hydrogen-bond acceptors (Lipinski definition) is 3. The zero-order valence-electron chi connectivity index (χ0n) is 10.4. The van der Waals surface area contributed by atoms with Crippen LogP contribution in [0.1, 0.15) is 16.1 Å². The van der Waals surface area contributed by atoms with Gasteiger partial charge in [0.15, 0.2) is 0 Å². The van der Waals surface area contributed by atoms with Gasteiger partial charge in [0.2, 0.25) is 0 Å². The lowest BCUT2D eigenvalue weighted by atomic mass is 10.2. The number of nitrogens with zero attached hydrogens (tertiary/aromatic N) is 1. The standard InChI is InChI=1S/C14H15NO3/c1-15-9-5-7-12(15)14(16)18-10-11-6-3-4-8-13(11)17-2/h3-9H,10H2,1-2H3. The fraction of sp³-hybridized carbons (Fsp3) is 0.214. The molecule has 94 valence electrons. The van der Waals surface area contributed by atoms with Crippen molar-refractivity contribution in [2.75, 3.05) is 7.11 Å². The molecule has 0 saturated carbocycles.